The number of morpholine rings is 1. The van der Waals surface area contributed by atoms with Crippen LogP contribution >= 0.6 is 0 Å². The molecule has 0 bridgehead atoms. The molecule has 2 aromatic carbocycles. The van der Waals surface area contributed by atoms with Crippen molar-refractivity contribution in [2.75, 3.05) is 36.9 Å². The maximum absolute atomic E-state index is 12.3. The van der Waals surface area contributed by atoms with Gasteiger partial charge >= 0.3 is 6.03 Å². The fourth-order valence-electron chi connectivity index (χ4n) is 2.70. The Labute approximate surface area is 153 Å². The number of hydrogen-bond acceptors (Lipinski definition) is 3. The molecule has 1 saturated heterocycles. The van der Waals surface area contributed by atoms with Crippen molar-refractivity contribution in [2.24, 2.45) is 0 Å². The minimum Gasteiger partial charge on any atom is -0.378 e. The molecule has 1 fully saturated rings. The summed E-state index contributed by atoms with van der Waals surface area (Å²) in [6.07, 6.45) is 0.964. The SMILES string of the molecule is CCc1ccc(NC(=O)c2ccc(NC(=O)N3CCOCC3)cc2)cc1. The van der Waals surface area contributed by atoms with Crippen LogP contribution in [0.25, 0.3) is 0 Å². The predicted molar refractivity (Wildman–Crippen MR) is 102 cm³/mol. The Kier molecular flexibility index (Phi) is 5.86. The van der Waals surface area contributed by atoms with Crippen molar-refractivity contribution in [3.05, 3.63) is 59.7 Å². The van der Waals surface area contributed by atoms with E-state index in [4.69, 9.17) is 4.74 Å². The van der Waals surface area contributed by atoms with E-state index >= 15 is 0 Å². The fourth-order valence-corrected chi connectivity index (χ4v) is 2.70. The van der Waals surface area contributed by atoms with Crippen LogP contribution in [0.5, 0.6) is 0 Å². The summed E-state index contributed by atoms with van der Waals surface area (Å²) in [5.74, 6) is -0.180. The molecule has 3 rings (SSSR count). The minimum absolute atomic E-state index is 0.151. The second-order valence-electron chi connectivity index (χ2n) is 6.11. The molecule has 6 nitrogen and oxygen atoms in total. The van der Waals surface area contributed by atoms with Gasteiger partial charge in [-0.3, -0.25) is 4.79 Å². The number of rotatable bonds is 4. The topological polar surface area (TPSA) is 70.7 Å². The number of amides is 3. The molecular weight excluding hydrogens is 330 g/mol. The van der Waals surface area contributed by atoms with Crippen LogP contribution in [0.2, 0.25) is 0 Å². The molecule has 0 saturated carbocycles. The second-order valence-corrected chi connectivity index (χ2v) is 6.11. The highest BCUT2D eigenvalue weighted by atomic mass is 16.5. The minimum atomic E-state index is -0.180. The molecule has 0 aromatic heterocycles. The molecule has 2 N–H and O–H groups in total. The lowest BCUT2D eigenvalue weighted by Gasteiger charge is -2.26. The Bertz CT molecular complexity index is 751. The number of nitrogens with zero attached hydrogens (tertiary/aromatic N) is 1. The van der Waals surface area contributed by atoms with Gasteiger partial charge in [-0.05, 0) is 48.4 Å². The summed E-state index contributed by atoms with van der Waals surface area (Å²) in [7, 11) is 0. The number of carbonyl (C=O) groups is 2. The molecule has 136 valence electrons. The Morgan fingerprint density at radius 2 is 1.50 bits per heavy atom. The molecule has 2 aromatic rings. The van der Waals surface area contributed by atoms with E-state index < -0.39 is 0 Å². The highest BCUT2D eigenvalue weighted by molar-refractivity contribution is 6.04. The van der Waals surface area contributed by atoms with Gasteiger partial charge in [0.1, 0.15) is 0 Å². The number of aryl methyl sites for hydroxylation is 1. The summed E-state index contributed by atoms with van der Waals surface area (Å²) >= 11 is 0. The maximum atomic E-state index is 12.3. The Morgan fingerprint density at radius 3 is 2.12 bits per heavy atom. The third kappa shape index (κ3) is 4.61. The number of anilines is 2. The van der Waals surface area contributed by atoms with E-state index in [0.29, 0.717) is 37.6 Å². The second kappa shape index (κ2) is 8.49. The first kappa shape index (κ1) is 17.9. The van der Waals surface area contributed by atoms with E-state index in [-0.39, 0.29) is 11.9 Å². The van der Waals surface area contributed by atoms with Gasteiger partial charge in [-0.15, -0.1) is 0 Å². The normalized spacial score (nSPS) is 14.0. The highest BCUT2D eigenvalue weighted by Gasteiger charge is 2.16. The lowest BCUT2D eigenvalue weighted by atomic mass is 10.1. The van der Waals surface area contributed by atoms with Gasteiger partial charge in [-0.1, -0.05) is 19.1 Å². The van der Waals surface area contributed by atoms with Gasteiger partial charge in [0, 0.05) is 30.0 Å². The zero-order valence-electron chi connectivity index (χ0n) is 14.8. The quantitative estimate of drug-likeness (QED) is 0.885. The zero-order chi connectivity index (χ0) is 18.4. The highest BCUT2D eigenvalue weighted by Crippen LogP contribution is 2.14. The van der Waals surface area contributed by atoms with Crippen molar-refractivity contribution >= 4 is 23.3 Å². The van der Waals surface area contributed by atoms with Crippen LogP contribution in [-0.2, 0) is 11.2 Å². The first-order chi connectivity index (χ1) is 12.7. The number of hydrogen-bond donors (Lipinski definition) is 2. The zero-order valence-corrected chi connectivity index (χ0v) is 14.8. The molecule has 0 aliphatic carbocycles. The largest absolute Gasteiger partial charge is 0.378 e. The van der Waals surface area contributed by atoms with Crippen LogP contribution in [0.15, 0.2) is 48.5 Å². The molecular formula is C20H23N3O3. The van der Waals surface area contributed by atoms with E-state index in [0.717, 1.165) is 12.1 Å². The van der Waals surface area contributed by atoms with Crippen molar-refractivity contribution in [2.45, 2.75) is 13.3 Å². The van der Waals surface area contributed by atoms with Gasteiger partial charge in [0.2, 0.25) is 0 Å². The van der Waals surface area contributed by atoms with Crippen LogP contribution in [-0.4, -0.2) is 43.1 Å². The lowest BCUT2D eigenvalue weighted by molar-refractivity contribution is 0.0564. The number of benzene rings is 2. The Balaban J connectivity index is 1.57. The summed E-state index contributed by atoms with van der Waals surface area (Å²) in [6, 6.07) is 14.5. The van der Waals surface area contributed by atoms with Crippen LogP contribution < -0.4 is 10.6 Å². The number of urea groups is 1. The first-order valence-electron chi connectivity index (χ1n) is 8.80. The number of nitrogens with one attached hydrogen (secondary N) is 2. The molecule has 1 heterocycles. The van der Waals surface area contributed by atoms with Crippen molar-refractivity contribution in [1.82, 2.24) is 4.90 Å². The molecule has 1 aliphatic rings. The van der Waals surface area contributed by atoms with Gasteiger partial charge in [0.15, 0.2) is 0 Å². The molecule has 26 heavy (non-hydrogen) atoms. The monoisotopic (exact) mass is 353 g/mol. The molecule has 1 aliphatic heterocycles. The van der Waals surface area contributed by atoms with Gasteiger partial charge < -0.3 is 20.3 Å². The van der Waals surface area contributed by atoms with Crippen LogP contribution in [0.3, 0.4) is 0 Å². The van der Waals surface area contributed by atoms with Crippen molar-refractivity contribution in [1.29, 1.82) is 0 Å². The van der Waals surface area contributed by atoms with Gasteiger partial charge in [0.05, 0.1) is 13.2 Å². The first-order valence-corrected chi connectivity index (χ1v) is 8.80. The molecule has 3 amide bonds. The molecule has 0 unspecified atom stereocenters. The summed E-state index contributed by atoms with van der Waals surface area (Å²) < 4.78 is 5.24. The standard InChI is InChI=1S/C20H23N3O3/c1-2-15-3-7-17(8-4-15)21-19(24)16-5-9-18(10-6-16)22-20(25)23-11-13-26-14-12-23/h3-10H,2,11-14H2,1H3,(H,21,24)(H,22,25). The third-order valence-electron chi connectivity index (χ3n) is 4.32. The number of carbonyl (C=O) groups excluding carboxylic acids is 2. The maximum Gasteiger partial charge on any atom is 0.321 e. The Hall–Kier alpha value is -2.86. The predicted octanol–water partition coefficient (Wildman–Crippen LogP) is 3.37. The van der Waals surface area contributed by atoms with Crippen molar-refractivity contribution in [3.63, 3.8) is 0 Å². The summed E-state index contributed by atoms with van der Waals surface area (Å²) in [5.41, 5.74) is 3.18. The van der Waals surface area contributed by atoms with Crippen molar-refractivity contribution < 1.29 is 14.3 Å². The summed E-state index contributed by atoms with van der Waals surface area (Å²) in [5, 5.41) is 5.71. The van der Waals surface area contributed by atoms with E-state index in [9.17, 15) is 9.59 Å². The fraction of sp³-hybridized carbons (Fsp3) is 0.300. The lowest BCUT2D eigenvalue weighted by Crippen LogP contribution is -2.43. The van der Waals surface area contributed by atoms with Crippen LogP contribution in [0.1, 0.15) is 22.8 Å². The smallest absolute Gasteiger partial charge is 0.321 e. The van der Waals surface area contributed by atoms with E-state index in [1.54, 1.807) is 29.2 Å². The number of ether oxygens (including phenoxy) is 1. The average molecular weight is 353 g/mol. The summed E-state index contributed by atoms with van der Waals surface area (Å²) in [4.78, 5) is 26.2. The van der Waals surface area contributed by atoms with E-state index in [1.807, 2.05) is 24.3 Å². The molecule has 0 spiro atoms. The van der Waals surface area contributed by atoms with Gasteiger partial charge in [-0.2, -0.15) is 0 Å². The van der Waals surface area contributed by atoms with E-state index in [2.05, 4.69) is 17.6 Å². The molecule has 0 radical (unpaired) electrons. The third-order valence-corrected chi connectivity index (χ3v) is 4.32. The van der Waals surface area contributed by atoms with Gasteiger partial charge in [-0.25, -0.2) is 4.79 Å². The van der Waals surface area contributed by atoms with E-state index in [1.165, 1.54) is 5.56 Å². The average Bonchev–Trinajstić information content (AvgIpc) is 2.69. The molecule has 6 heteroatoms. The summed E-state index contributed by atoms with van der Waals surface area (Å²) in [6.45, 7) is 4.39. The van der Waals surface area contributed by atoms with Gasteiger partial charge in [0.25, 0.3) is 5.91 Å². The van der Waals surface area contributed by atoms with Crippen molar-refractivity contribution in [3.8, 4) is 0 Å². The van der Waals surface area contributed by atoms with Crippen LogP contribution in [0.4, 0.5) is 16.2 Å². The molecule has 0 atom stereocenters. The van der Waals surface area contributed by atoms with Crippen LogP contribution in [0, 0.1) is 0 Å². The Morgan fingerprint density at radius 1 is 0.923 bits per heavy atom.